The predicted octanol–water partition coefficient (Wildman–Crippen LogP) is 4.83. The first-order chi connectivity index (χ1) is 14.7. The second kappa shape index (κ2) is 10.9. The maximum absolute atomic E-state index is 12.7. The molecule has 0 aromatic heterocycles. The van der Waals surface area contributed by atoms with Gasteiger partial charge in [-0.15, -0.1) is 0 Å². The summed E-state index contributed by atoms with van der Waals surface area (Å²) in [5, 5.41) is 12.1. The van der Waals surface area contributed by atoms with Gasteiger partial charge >= 0.3 is 0 Å². The van der Waals surface area contributed by atoms with Crippen molar-refractivity contribution in [1.82, 2.24) is 10.2 Å². The standard InChI is InChI=1S/C25H23N3OS/c26-17-7-18-28(19-16-20-8-3-1-4-9-20)25(30)27-24(29)23-14-12-22(13-15-23)21-10-5-2-6-11-21/h1-6,8-15H,7,16,18-19H2,(H,27,29,30). The first kappa shape index (κ1) is 21.2. The fourth-order valence-electron chi connectivity index (χ4n) is 3.10. The zero-order chi connectivity index (χ0) is 21.2. The van der Waals surface area contributed by atoms with Crippen molar-refractivity contribution in [2.45, 2.75) is 12.8 Å². The second-order valence-corrected chi connectivity index (χ2v) is 7.22. The van der Waals surface area contributed by atoms with E-state index >= 15 is 0 Å². The Morgan fingerprint density at radius 3 is 2.10 bits per heavy atom. The van der Waals surface area contributed by atoms with Crippen LogP contribution >= 0.6 is 12.2 Å². The molecule has 1 N–H and O–H groups in total. The third-order valence-corrected chi connectivity index (χ3v) is 5.13. The Bertz CT molecular complexity index is 1010. The number of thiocarbonyl (C=S) groups is 1. The van der Waals surface area contributed by atoms with Crippen LogP contribution in [0.25, 0.3) is 11.1 Å². The van der Waals surface area contributed by atoms with Crippen LogP contribution in [0, 0.1) is 11.3 Å². The number of amides is 1. The molecule has 1 amide bonds. The van der Waals surface area contributed by atoms with Crippen molar-refractivity contribution in [1.29, 1.82) is 5.26 Å². The number of hydrogen-bond donors (Lipinski definition) is 1. The van der Waals surface area contributed by atoms with E-state index in [0.29, 0.717) is 30.2 Å². The molecule has 0 spiro atoms. The molecule has 0 bridgehead atoms. The van der Waals surface area contributed by atoms with Gasteiger partial charge in [0.15, 0.2) is 5.11 Å². The smallest absolute Gasteiger partial charge is 0.257 e. The van der Waals surface area contributed by atoms with Crippen molar-refractivity contribution in [3.05, 3.63) is 96.1 Å². The van der Waals surface area contributed by atoms with Crippen LogP contribution in [0.1, 0.15) is 22.3 Å². The van der Waals surface area contributed by atoms with Gasteiger partial charge in [-0.05, 0) is 47.5 Å². The lowest BCUT2D eigenvalue weighted by Crippen LogP contribution is -2.44. The normalized spacial score (nSPS) is 10.1. The highest BCUT2D eigenvalue weighted by molar-refractivity contribution is 7.80. The van der Waals surface area contributed by atoms with Crippen molar-refractivity contribution >= 4 is 23.2 Å². The fourth-order valence-corrected chi connectivity index (χ4v) is 3.38. The van der Waals surface area contributed by atoms with Crippen LogP contribution in [-0.2, 0) is 6.42 Å². The van der Waals surface area contributed by atoms with E-state index in [1.54, 1.807) is 12.1 Å². The Balaban J connectivity index is 1.62. The van der Waals surface area contributed by atoms with Gasteiger partial charge in [0.25, 0.3) is 5.91 Å². The SMILES string of the molecule is N#CCCN(CCc1ccccc1)C(=S)NC(=O)c1ccc(-c2ccccc2)cc1. The van der Waals surface area contributed by atoms with Gasteiger partial charge in [-0.3, -0.25) is 10.1 Å². The van der Waals surface area contributed by atoms with Crippen molar-refractivity contribution in [2.75, 3.05) is 13.1 Å². The van der Waals surface area contributed by atoms with Gasteiger partial charge in [-0.25, -0.2) is 0 Å². The largest absolute Gasteiger partial charge is 0.348 e. The number of carbonyl (C=O) groups is 1. The zero-order valence-electron chi connectivity index (χ0n) is 16.6. The van der Waals surface area contributed by atoms with Gasteiger partial charge in [-0.1, -0.05) is 72.8 Å². The summed E-state index contributed by atoms with van der Waals surface area (Å²) in [7, 11) is 0. The summed E-state index contributed by atoms with van der Waals surface area (Å²) in [6.45, 7) is 1.12. The van der Waals surface area contributed by atoms with Gasteiger partial charge in [-0.2, -0.15) is 5.26 Å². The molecule has 0 fully saturated rings. The second-order valence-electron chi connectivity index (χ2n) is 6.83. The van der Waals surface area contributed by atoms with Crippen LogP contribution in [0.5, 0.6) is 0 Å². The van der Waals surface area contributed by atoms with E-state index in [9.17, 15) is 4.79 Å². The number of nitrogens with one attached hydrogen (secondary N) is 1. The van der Waals surface area contributed by atoms with E-state index in [0.717, 1.165) is 17.5 Å². The molecule has 0 aliphatic rings. The van der Waals surface area contributed by atoms with Gasteiger partial charge < -0.3 is 4.90 Å². The molecule has 3 aromatic carbocycles. The first-order valence-electron chi connectivity index (χ1n) is 9.84. The van der Waals surface area contributed by atoms with Crippen molar-refractivity contribution in [2.24, 2.45) is 0 Å². The minimum Gasteiger partial charge on any atom is -0.348 e. The lowest BCUT2D eigenvalue weighted by Gasteiger charge is -2.24. The molecule has 4 nitrogen and oxygen atoms in total. The van der Waals surface area contributed by atoms with Crippen LogP contribution in [0.2, 0.25) is 0 Å². The van der Waals surface area contributed by atoms with Gasteiger partial charge in [0.2, 0.25) is 0 Å². The predicted molar refractivity (Wildman–Crippen MR) is 124 cm³/mol. The summed E-state index contributed by atoms with van der Waals surface area (Å²) in [5.74, 6) is -0.249. The Morgan fingerprint density at radius 2 is 1.47 bits per heavy atom. The van der Waals surface area contributed by atoms with Crippen LogP contribution in [0.15, 0.2) is 84.9 Å². The zero-order valence-corrected chi connectivity index (χ0v) is 17.4. The lowest BCUT2D eigenvalue weighted by molar-refractivity contribution is 0.0973. The molecule has 0 unspecified atom stereocenters. The van der Waals surface area contributed by atoms with Gasteiger partial charge in [0, 0.05) is 18.7 Å². The number of hydrogen-bond acceptors (Lipinski definition) is 3. The Kier molecular flexibility index (Phi) is 7.71. The van der Waals surface area contributed by atoms with Crippen molar-refractivity contribution in [3.8, 4) is 17.2 Å². The molecular weight excluding hydrogens is 390 g/mol. The highest BCUT2D eigenvalue weighted by Crippen LogP contribution is 2.19. The summed E-state index contributed by atoms with van der Waals surface area (Å²) in [6.07, 6.45) is 1.13. The topological polar surface area (TPSA) is 56.1 Å². The Morgan fingerprint density at radius 1 is 0.867 bits per heavy atom. The molecule has 150 valence electrons. The maximum Gasteiger partial charge on any atom is 0.257 e. The highest BCUT2D eigenvalue weighted by Gasteiger charge is 2.14. The van der Waals surface area contributed by atoms with Crippen molar-refractivity contribution < 1.29 is 4.79 Å². The molecule has 0 aliphatic carbocycles. The number of nitrogens with zero attached hydrogens (tertiary/aromatic N) is 2. The third kappa shape index (κ3) is 6.00. The third-order valence-electron chi connectivity index (χ3n) is 4.77. The number of benzene rings is 3. The van der Waals surface area contributed by atoms with E-state index in [4.69, 9.17) is 17.5 Å². The van der Waals surface area contributed by atoms with Crippen LogP contribution < -0.4 is 5.32 Å². The van der Waals surface area contributed by atoms with Gasteiger partial charge in [0.1, 0.15) is 0 Å². The molecule has 30 heavy (non-hydrogen) atoms. The molecule has 3 rings (SSSR count). The monoisotopic (exact) mass is 413 g/mol. The molecular formula is C25H23N3OS. The lowest BCUT2D eigenvalue weighted by atomic mass is 10.0. The first-order valence-corrected chi connectivity index (χ1v) is 10.2. The van der Waals surface area contributed by atoms with E-state index in [1.807, 2.05) is 65.6 Å². The van der Waals surface area contributed by atoms with Crippen molar-refractivity contribution in [3.63, 3.8) is 0 Å². The quantitative estimate of drug-likeness (QED) is 0.564. The molecule has 0 radical (unpaired) electrons. The van der Waals surface area contributed by atoms with Crippen LogP contribution in [0.4, 0.5) is 0 Å². The molecule has 0 heterocycles. The minimum absolute atomic E-state index is 0.249. The highest BCUT2D eigenvalue weighted by atomic mass is 32.1. The molecule has 0 saturated carbocycles. The number of rotatable bonds is 7. The van der Waals surface area contributed by atoms with Crippen LogP contribution in [0.3, 0.4) is 0 Å². The molecule has 0 aliphatic heterocycles. The van der Waals surface area contributed by atoms with Crippen LogP contribution in [-0.4, -0.2) is 29.0 Å². The summed E-state index contributed by atoms with van der Waals surface area (Å²) >= 11 is 5.47. The summed E-state index contributed by atoms with van der Waals surface area (Å²) in [4.78, 5) is 14.5. The Hall–Kier alpha value is -3.49. The maximum atomic E-state index is 12.7. The fraction of sp³-hybridized carbons (Fsp3) is 0.160. The minimum atomic E-state index is -0.249. The van der Waals surface area contributed by atoms with E-state index in [-0.39, 0.29) is 5.91 Å². The average Bonchev–Trinajstić information content (AvgIpc) is 2.80. The average molecular weight is 414 g/mol. The summed E-state index contributed by atoms with van der Waals surface area (Å²) in [6, 6.07) is 29.7. The molecule has 5 heteroatoms. The Labute approximate surface area is 182 Å². The molecule has 3 aromatic rings. The molecule has 0 saturated heterocycles. The van der Waals surface area contributed by atoms with E-state index in [1.165, 1.54) is 5.56 Å². The van der Waals surface area contributed by atoms with Gasteiger partial charge in [0.05, 0.1) is 12.5 Å². The molecule has 0 atom stereocenters. The summed E-state index contributed by atoms with van der Waals surface area (Å²) in [5.41, 5.74) is 3.88. The number of carbonyl (C=O) groups excluding carboxylic acids is 1. The van der Waals surface area contributed by atoms with E-state index < -0.39 is 0 Å². The number of nitriles is 1. The summed E-state index contributed by atoms with van der Waals surface area (Å²) < 4.78 is 0. The van der Waals surface area contributed by atoms with E-state index in [2.05, 4.69) is 23.5 Å².